The number of primary sulfonamides is 1. The van der Waals surface area contributed by atoms with Gasteiger partial charge >= 0.3 is 0 Å². The van der Waals surface area contributed by atoms with Crippen LogP contribution in [0, 0.1) is 0 Å². The summed E-state index contributed by atoms with van der Waals surface area (Å²) in [4.78, 5) is 12.2. The molecule has 0 aliphatic carbocycles. The maximum atomic E-state index is 12.1. The van der Waals surface area contributed by atoms with Crippen LogP contribution in [-0.2, 0) is 34.7 Å². The van der Waals surface area contributed by atoms with Gasteiger partial charge in [-0.2, -0.15) is 0 Å². The lowest BCUT2D eigenvalue weighted by atomic mass is 10.1. The second-order valence-corrected chi connectivity index (χ2v) is 9.20. The molecule has 0 saturated heterocycles. The van der Waals surface area contributed by atoms with Crippen molar-refractivity contribution in [1.82, 2.24) is 20.1 Å². The molecule has 0 unspecified atom stereocenters. The molecule has 0 bridgehead atoms. The molecule has 2 aromatic carbocycles. The zero-order chi connectivity index (χ0) is 21.6. The van der Waals surface area contributed by atoms with E-state index in [4.69, 9.17) is 5.14 Å². The van der Waals surface area contributed by atoms with Crippen LogP contribution in [0.25, 0.3) is 0 Å². The van der Waals surface area contributed by atoms with E-state index in [1.807, 2.05) is 41.9 Å². The van der Waals surface area contributed by atoms with Crippen molar-refractivity contribution in [3.05, 3.63) is 71.5 Å². The molecule has 0 radical (unpaired) electrons. The molecule has 30 heavy (non-hydrogen) atoms. The summed E-state index contributed by atoms with van der Waals surface area (Å²) in [6.45, 7) is 0.451. The molecule has 0 spiro atoms. The number of sulfonamides is 1. The predicted octanol–water partition coefficient (Wildman–Crippen LogP) is 1.50. The minimum atomic E-state index is -3.69. The molecular weight excluding hydrogens is 422 g/mol. The standard InChI is InChI=1S/C20H23N5O3S2/c1-25-18(13-16-5-3-2-4-6-16)23-24-20(25)29-14-19(26)22-12-11-15-7-9-17(10-8-15)30(21,27)28/h2-10H,11-14H2,1H3,(H,22,26)(H2,21,27,28). The number of amides is 1. The molecule has 0 fully saturated rings. The van der Waals surface area contributed by atoms with E-state index in [1.165, 1.54) is 23.9 Å². The second kappa shape index (κ2) is 9.88. The minimum absolute atomic E-state index is 0.0713. The number of carbonyl (C=O) groups excluding carboxylic acids is 1. The maximum absolute atomic E-state index is 12.1. The Morgan fingerprint density at radius 2 is 1.77 bits per heavy atom. The molecule has 0 aliphatic rings. The molecule has 1 heterocycles. The molecule has 8 nitrogen and oxygen atoms in total. The van der Waals surface area contributed by atoms with Gasteiger partial charge in [0.2, 0.25) is 15.9 Å². The normalized spacial score (nSPS) is 11.4. The number of hydrogen-bond acceptors (Lipinski definition) is 6. The Balaban J connectivity index is 1.44. The molecule has 0 aliphatic heterocycles. The van der Waals surface area contributed by atoms with E-state index in [9.17, 15) is 13.2 Å². The lowest BCUT2D eigenvalue weighted by molar-refractivity contribution is -0.118. The number of aromatic nitrogens is 3. The largest absolute Gasteiger partial charge is 0.355 e. The van der Waals surface area contributed by atoms with Crippen molar-refractivity contribution in [3.63, 3.8) is 0 Å². The molecule has 3 aromatic rings. The van der Waals surface area contributed by atoms with Crippen molar-refractivity contribution in [2.24, 2.45) is 12.2 Å². The van der Waals surface area contributed by atoms with Crippen molar-refractivity contribution in [3.8, 4) is 0 Å². The van der Waals surface area contributed by atoms with Crippen LogP contribution in [0.1, 0.15) is 17.0 Å². The number of hydrogen-bond donors (Lipinski definition) is 2. The zero-order valence-electron chi connectivity index (χ0n) is 16.5. The fraction of sp³-hybridized carbons (Fsp3) is 0.250. The number of thioether (sulfide) groups is 1. The highest BCUT2D eigenvalue weighted by molar-refractivity contribution is 7.99. The summed E-state index contributed by atoms with van der Waals surface area (Å²) < 4.78 is 24.4. The Morgan fingerprint density at radius 1 is 1.07 bits per heavy atom. The van der Waals surface area contributed by atoms with E-state index in [-0.39, 0.29) is 16.6 Å². The fourth-order valence-corrected chi connectivity index (χ4v) is 4.05. The summed E-state index contributed by atoms with van der Waals surface area (Å²) in [5.74, 6) is 0.975. The Hall–Kier alpha value is -2.69. The average Bonchev–Trinajstić information content (AvgIpc) is 3.06. The van der Waals surface area contributed by atoms with Gasteiger partial charge in [0.15, 0.2) is 5.16 Å². The highest BCUT2D eigenvalue weighted by Gasteiger charge is 2.12. The lowest BCUT2D eigenvalue weighted by Gasteiger charge is -2.06. The Kier molecular flexibility index (Phi) is 7.24. The van der Waals surface area contributed by atoms with Crippen LogP contribution in [0.3, 0.4) is 0 Å². The number of nitrogens with one attached hydrogen (secondary N) is 1. The van der Waals surface area contributed by atoms with Gasteiger partial charge in [-0.3, -0.25) is 4.79 Å². The minimum Gasteiger partial charge on any atom is -0.355 e. The SMILES string of the molecule is Cn1c(Cc2ccccc2)nnc1SCC(=O)NCCc1ccc(S(N)(=O)=O)cc1. The summed E-state index contributed by atoms with van der Waals surface area (Å²) in [7, 11) is -1.80. The summed E-state index contributed by atoms with van der Waals surface area (Å²) in [6.07, 6.45) is 1.27. The van der Waals surface area contributed by atoms with Crippen LogP contribution in [0.15, 0.2) is 64.6 Å². The van der Waals surface area contributed by atoms with Crippen molar-refractivity contribution in [1.29, 1.82) is 0 Å². The van der Waals surface area contributed by atoms with Crippen LogP contribution in [0.2, 0.25) is 0 Å². The zero-order valence-corrected chi connectivity index (χ0v) is 18.1. The molecule has 1 aromatic heterocycles. The topological polar surface area (TPSA) is 120 Å². The van der Waals surface area contributed by atoms with Crippen LogP contribution in [0.5, 0.6) is 0 Å². The van der Waals surface area contributed by atoms with Crippen molar-refractivity contribution >= 4 is 27.7 Å². The Morgan fingerprint density at radius 3 is 2.43 bits per heavy atom. The van der Waals surface area contributed by atoms with Crippen molar-refractivity contribution < 1.29 is 13.2 Å². The van der Waals surface area contributed by atoms with Crippen LogP contribution in [-0.4, -0.2) is 41.4 Å². The molecule has 10 heteroatoms. The van der Waals surface area contributed by atoms with Gasteiger partial charge in [-0.25, -0.2) is 13.6 Å². The van der Waals surface area contributed by atoms with Gasteiger partial charge in [0.05, 0.1) is 10.6 Å². The van der Waals surface area contributed by atoms with E-state index in [1.54, 1.807) is 12.1 Å². The van der Waals surface area contributed by atoms with Crippen LogP contribution < -0.4 is 10.5 Å². The summed E-state index contributed by atoms with van der Waals surface area (Å²) in [5, 5.41) is 17.0. The van der Waals surface area contributed by atoms with Gasteiger partial charge in [-0.05, 0) is 29.7 Å². The molecule has 3 rings (SSSR count). The van der Waals surface area contributed by atoms with E-state index in [0.29, 0.717) is 24.5 Å². The highest BCUT2D eigenvalue weighted by atomic mass is 32.2. The highest BCUT2D eigenvalue weighted by Crippen LogP contribution is 2.17. The van der Waals surface area contributed by atoms with Gasteiger partial charge in [-0.1, -0.05) is 54.2 Å². The fourth-order valence-electron chi connectivity index (χ4n) is 2.78. The summed E-state index contributed by atoms with van der Waals surface area (Å²) in [6, 6.07) is 16.3. The number of benzene rings is 2. The molecular formula is C20H23N5O3S2. The first-order valence-electron chi connectivity index (χ1n) is 9.26. The third kappa shape index (κ3) is 6.15. The van der Waals surface area contributed by atoms with Crippen molar-refractivity contribution in [2.45, 2.75) is 22.9 Å². The maximum Gasteiger partial charge on any atom is 0.238 e. The molecule has 3 N–H and O–H groups in total. The van der Waals surface area contributed by atoms with Crippen LogP contribution in [0.4, 0.5) is 0 Å². The van der Waals surface area contributed by atoms with Crippen LogP contribution >= 0.6 is 11.8 Å². The quantitative estimate of drug-likeness (QED) is 0.482. The van der Waals surface area contributed by atoms with E-state index < -0.39 is 10.0 Å². The molecule has 158 valence electrons. The molecule has 1 amide bonds. The van der Waals surface area contributed by atoms with Gasteiger partial charge in [0.25, 0.3) is 0 Å². The van der Waals surface area contributed by atoms with E-state index in [0.717, 1.165) is 17.0 Å². The monoisotopic (exact) mass is 445 g/mol. The first-order chi connectivity index (χ1) is 14.3. The predicted molar refractivity (Wildman–Crippen MR) is 116 cm³/mol. The second-order valence-electron chi connectivity index (χ2n) is 6.70. The van der Waals surface area contributed by atoms with Gasteiger partial charge in [0.1, 0.15) is 5.82 Å². The first kappa shape index (κ1) is 22.0. The van der Waals surface area contributed by atoms with Gasteiger partial charge < -0.3 is 9.88 Å². The van der Waals surface area contributed by atoms with E-state index in [2.05, 4.69) is 15.5 Å². The third-order valence-corrected chi connectivity index (χ3v) is 6.40. The van der Waals surface area contributed by atoms with Crippen molar-refractivity contribution in [2.75, 3.05) is 12.3 Å². The van der Waals surface area contributed by atoms with Gasteiger partial charge in [0, 0.05) is 20.0 Å². The molecule has 0 atom stereocenters. The number of nitrogens with two attached hydrogens (primary N) is 1. The summed E-state index contributed by atoms with van der Waals surface area (Å²) in [5.41, 5.74) is 2.06. The smallest absolute Gasteiger partial charge is 0.238 e. The average molecular weight is 446 g/mol. The van der Waals surface area contributed by atoms with E-state index >= 15 is 0 Å². The summed E-state index contributed by atoms with van der Waals surface area (Å²) >= 11 is 1.33. The Bertz CT molecular complexity index is 1100. The third-order valence-electron chi connectivity index (χ3n) is 4.45. The number of rotatable bonds is 9. The lowest BCUT2D eigenvalue weighted by Crippen LogP contribution is -2.27. The first-order valence-corrected chi connectivity index (χ1v) is 11.8. The molecule has 0 saturated carbocycles. The van der Waals surface area contributed by atoms with Gasteiger partial charge in [-0.15, -0.1) is 10.2 Å². The Labute approximate surface area is 179 Å². The number of carbonyl (C=O) groups is 1. The number of nitrogens with zero attached hydrogens (tertiary/aromatic N) is 3.